The van der Waals surface area contributed by atoms with Crippen LogP contribution in [0.25, 0.3) is 0 Å². The molecule has 0 aromatic heterocycles. The molecule has 0 aliphatic rings. The summed E-state index contributed by atoms with van der Waals surface area (Å²) in [6.45, 7) is 0. The Morgan fingerprint density at radius 2 is 1.64 bits per heavy atom. The molecule has 0 amide bonds. The van der Waals surface area contributed by atoms with Crippen molar-refractivity contribution < 1.29 is 4.43 Å². The number of hydrogen-bond acceptors (Lipinski definition) is 2. The lowest BCUT2D eigenvalue weighted by Crippen LogP contribution is -1.89. The third-order valence-corrected chi connectivity index (χ3v) is 1.45. The molecule has 0 saturated heterocycles. The summed E-state index contributed by atoms with van der Waals surface area (Å²) in [5.41, 5.74) is 0. The molecule has 0 aliphatic heterocycles. The minimum atomic E-state index is 0.777. The number of benzene rings is 1. The Morgan fingerprint density at radius 3 is 1.91 bits per heavy atom. The summed E-state index contributed by atoms with van der Waals surface area (Å²) in [5.74, 6) is 0.971. The number of rotatable bonds is 1. The molecule has 0 atom stereocenters. The van der Waals surface area contributed by atoms with E-state index in [-0.39, 0.29) is 0 Å². The molecule has 1 rings (SSSR count). The lowest BCUT2D eigenvalue weighted by molar-refractivity contribution is 0.616. The fourth-order valence-electron chi connectivity index (χ4n) is 0.557. The second-order valence-corrected chi connectivity index (χ2v) is 2.43. The summed E-state index contributed by atoms with van der Waals surface area (Å²) in [4.78, 5) is 0. The van der Waals surface area contributed by atoms with E-state index in [0.29, 0.717) is 0 Å². The van der Waals surface area contributed by atoms with E-state index in [1.165, 1.54) is 0 Å². The van der Waals surface area contributed by atoms with Crippen LogP contribution in [0.3, 0.4) is 0 Å². The summed E-state index contributed by atoms with van der Waals surface area (Å²) in [6.07, 6.45) is 0. The molecule has 0 bridgehead atoms. The molecule has 1 N–H and O–H groups in total. The van der Waals surface area contributed by atoms with Gasteiger partial charge in [-0.3, -0.25) is 0 Å². The fraction of sp³-hybridized carbons (Fsp3) is 0.250. The van der Waals surface area contributed by atoms with Gasteiger partial charge in [0.2, 0.25) is 10.5 Å². The summed E-state index contributed by atoms with van der Waals surface area (Å²) in [6, 6.07) is 9.81. The molecule has 0 heterocycles. The van der Waals surface area contributed by atoms with E-state index < -0.39 is 0 Å². The van der Waals surface area contributed by atoms with Crippen LogP contribution in [0.2, 0.25) is 0 Å². The van der Waals surface area contributed by atoms with Crippen LogP contribution < -0.4 is 9.74 Å². The second kappa shape index (κ2) is 7.31. The summed E-state index contributed by atoms with van der Waals surface area (Å²) >= 11 is 0. The number of para-hydroxylation sites is 1. The highest BCUT2D eigenvalue weighted by Crippen LogP contribution is 2.05. The van der Waals surface area contributed by atoms with Crippen molar-refractivity contribution in [3.63, 3.8) is 0 Å². The fourth-order valence-corrected chi connectivity index (χ4v) is 0.829. The molecule has 0 fully saturated rings. The molecule has 1 aromatic carbocycles. The van der Waals surface area contributed by atoms with E-state index in [1.54, 1.807) is 0 Å². The molecule has 3 heteroatoms. The van der Waals surface area contributed by atoms with Crippen molar-refractivity contribution in [3.05, 3.63) is 30.3 Å². The van der Waals surface area contributed by atoms with Gasteiger partial charge in [-0.05, 0) is 26.2 Å². The zero-order valence-corrected chi connectivity index (χ0v) is 9.29. The van der Waals surface area contributed by atoms with Crippen LogP contribution in [-0.2, 0) is 0 Å². The summed E-state index contributed by atoms with van der Waals surface area (Å²) < 4.78 is 5.05. The summed E-state index contributed by atoms with van der Waals surface area (Å²) in [7, 11) is 4.53. The Balaban J connectivity index is 0.000000292. The zero-order chi connectivity index (χ0) is 8.53. The first-order chi connectivity index (χ1) is 5.35. The van der Waals surface area contributed by atoms with Crippen LogP contribution >= 0.6 is 0 Å². The van der Waals surface area contributed by atoms with Crippen molar-refractivity contribution in [2.75, 3.05) is 14.1 Å². The van der Waals surface area contributed by atoms with Gasteiger partial charge in [0.05, 0.1) is 0 Å². The molecule has 0 spiro atoms. The van der Waals surface area contributed by atoms with Crippen molar-refractivity contribution in [1.82, 2.24) is 5.32 Å². The van der Waals surface area contributed by atoms with Gasteiger partial charge in [-0.2, -0.15) is 0 Å². The van der Waals surface area contributed by atoms with E-state index >= 15 is 0 Å². The van der Waals surface area contributed by atoms with Gasteiger partial charge in [0, 0.05) is 0 Å². The standard InChI is InChI=1S/C6H8OSi.C2H7N/c8-7-6-4-2-1-3-5-6;1-3-2/h1-5H,8H3;3H,1-2H3. The van der Waals surface area contributed by atoms with Crippen molar-refractivity contribution in [2.24, 2.45) is 0 Å². The largest absolute Gasteiger partial charge is 0.553 e. The van der Waals surface area contributed by atoms with Gasteiger partial charge in [-0.1, -0.05) is 18.2 Å². The smallest absolute Gasteiger partial charge is 0.204 e. The third kappa shape index (κ3) is 5.63. The molecular weight excluding hydrogens is 154 g/mol. The molecule has 11 heavy (non-hydrogen) atoms. The highest BCUT2D eigenvalue weighted by atomic mass is 28.2. The van der Waals surface area contributed by atoms with Crippen molar-refractivity contribution in [1.29, 1.82) is 0 Å². The Kier molecular flexibility index (Phi) is 6.77. The van der Waals surface area contributed by atoms with Gasteiger partial charge in [0.25, 0.3) is 0 Å². The minimum Gasteiger partial charge on any atom is -0.553 e. The quantitative estimate of drug-likeness (QED) is 0.606. The van der Waals surface area contributed by atoms with E-state index in [9.17, 15) is 0 Å². The number of nitrogens with one attached hydrogen (secondary N) is 1. The van der Waals surface area contributed by atoms with Crippen molar-refractivity contribution in [3.8, 4) is 5.75 Å². The monoisotopic (exact) mass is 169 g/mol. The Bertz CT molecular complexity index is 167. The van der Waals surface area contributed by atoms with Crippen LogP contribution in [0.5, 0.6) is 5.75 Å². The average molecular weight is 169 g/mol. The first kappa shape index (κ1) is 10.2. The van der Waals surface area contributed by atoms with Gasteiger partial charge in [0.1, 0.15) is 5.75 Å². The maximum absolute atomic E-state index is 5.05. The predicted molar refractivity (Wildman–Crippen MR) is 52.0 cm³/mol. The Morgan fingerprint density at radius 1 is 1.18 bits per heavy atom. The maximum atomic E-state index is 5.05. The van der Waals surface area contributed by atoms with Crippen LogP contribution in [0.1, 0.15) is 0 Å². The number of hydrogen-bond donors (Lipinski definition) is 1. The van der Waals surface area contributed by atoms with Crippen LogP contribution in [0.15, 0.2) is 30.3 Å². The first-order valence-electron chi connectivity index (χ1n) is 3.52. The summed E-state index contributed by atoms with van der Waals surface area (Å²) in [5, 5.41) is 2.75. The molecule has 0 saturated carbocycles. The first-order valence-corrected chi connectivity index (χ1v) is 4.34. The second-order valence-electron chi connectivity index (χ2n) is 2.02. The molecule has 62 valence electrons. The molecular formula is C8H15NOSi. The molecule has 1 aromatic rings. The van der Waals surface area contributed by atoms with E-state index in [1.807, 2.05) is 44.4 Å². The highest BCUT2D eigenvalue weighted by Gasteiger charge is 1.79. The lowest BCUT2D eigenvalue weighted by atomic mass is 10.3. The molecule has 0 unspecified atom stereocenters. The maximum Gasteiger partial charge on any atom is 0.204 e. The van der Waals surface area contributed by atoms with Crippen LogP contribution in [-0.4, -0.2) is 24.6 Å². The Hall–Kier alpha value is -0.803. The normalized spacial score (nSPS) is 8.18. The van der Waals surface area contributed by atoms with E-state index in [0.717, 1.165) is 16.2 Å². The Labute approximate surface area is 71.1 Å². The van der Waals surface area contributed by atoms with E-state index in [4.69, 9.17) is 4.43 Å². The minimum absolute atomic E-state index is 0.777. The predicted octanol–water partition coefficient (Wildman–Crippen LogP) is 0.181. The molecule has 0 aliphatic carbocycles. The highest BCUT2D eigenvalue weighted by molar-refractivity contribution is 5.99. The van der Waals surface area contributed by atoms with Crippen LogP contribution in [0.4, 0.5) is 0 Å². The third-order valence-electron chi connectivity index (χ3n) is 0.979. The van der Waals surface area contributed by atoms with Gasteiger partial charge in [0.15, 0.2) is 0 Å². The molecule has 0 radical (unpaired) electrons. The van der Waals surface area contributed by atoms with Gasteiger partial charge in [-0.25, -0.2) is 0 Å². The molecule has 2 nitrogen and oxygen atoms in total. The van der Waals surface area contributed by atoms with Crippen molar-refractivity contribution >= 4 is 10.5 Å². The SMILES string of the molecule is CNC.[SiH3]Oc1ccccc1. The van der Waals surface area contributed by atoms with Gasteiger partial charge >= 0.3 is 0 Å². The van der Waals surface area contributed by atoms with Gasteiger partial charge < -0.3 is 9.74 Å². The zero-order valence-electron chi connectivity index (χ0n) is 7.29. The lowest BCUT2D eigenvalue weighted by Gasteiger charge is -1.95. The van der Waals surface area contributed by atoms with Crippen molar-refractivity contribution in [2.45, 2.75) is 0 Å². The van der Waals surface area contributed by atoms with Gasteiger partial charge in [-0.15, -0.1) is 0 Å². The van der Waals surface area contributed by atoms with E-state index in [2.05, 4.69) is 5.32 Å². The topological polar surface area (TPSA) is 21.3 Å². The average Bonchev–Trinajstić information content (AvgIpc) is 2.08. The van der Waals surface area contributed by atoms with Crippen LogP contribution in [0, 0.1) is 0 Å².